The number of cyclic esters (lactones) is 1. The monoisotopic (exact) mass is 147 g/mol. The average molecular weight is 147 g/mol. The lowest BCUT2D eigenvalue weighted by atomic mass is 10.3. The zero-order valence-corrected chi connectivity index (χ0v) is 5.86. The number of nitrogens with one attached hydrogen (secondary N) is 1. The van der Waals surface area contributed by atoms with Crippen molar-refractivity contribution in [3.8, 4) is 0 Å². The van der Waals surface area contributed by atoms with Gasteiger partial charge in [-0.15, -0.1) is 0 Å². The third-order valence-electron chi connectivity index (χ3n) is 1.20. The summed E-state index contributed by atoms with van der Waals surface area (Å²) in [5.41, 5.74) is 0. The van der Waals surface area contributed by atoms with E-state index in [9.17, 15) is 4.79 Å². The smallest absolute Gasteiger partial charge is 0.324 e. The Kier molecular flexibility index (Phi) is 2.36. The number of thiol groups is 1. The van der Waals surface area contributed by atoms with Crippen molar-refractivity contribution in [2.45, 2.75) is 6.04 Å². The fourth-order valence-corrected chi connectivity index (χ4v) is 0.986. The maximum absolute atomic E-state index is 10.7. The largest absolute Gasteiger partial charge is 0.463 e. The summed E-state index contributed by atoms with van der Waals surface area (Å²) in [6.45, 7) is 1.24. The summed E-state index contributed by atoms with van der Waals surface area (Å²) in [5.74, 6) is 0.329. The highest BCUT2D eigenvalue weighted by atomic mass is 32.1. The molecule has 1 rings (SSSR count). The van der Waals surface area contributed by atoms with Gasteiger partial charge >= 0.3 is 5.97 Å². The van der Waals surface area contributed by atoms with Gasteiger partial charge in [0.2, 0.25) is 0 Å². The quantitative estimate of drug-likeness (QED) is 0.385. The summed E-state index contributed by atoms with van der Waals surface area (Å²) in [7, 11) is 0. The molecule has 0 bridgehead atoms. The normalized spacial score (nSPS) is 27.7. The molecular weight excluding hydrogens is 138 g/mol. The first kappa shape index (κ1) is 6.89. The molecule has 1 N–H and O–H groups in total. The molecule has 1 atom stereocenters. The Balaban J connectivity index is 2.39. The van der Waals surface area contributed by atoms with E-state index < -0.39 is 0 Å². The molecule has 3 nitrogen and oxygen atoms in total. The van der Waals surface area contributed by atoms with Crippen LogP contribution in [-0.4, -0.2) is 30.9 Å². The number of hydrogen-bond acceptors (Lipinski definition) is 4. The van der Waals surface area contributed by atoms with Crippen LogP contribution in [0, 0.1) is 0 Å². The Morgan fingerprint density at radius 3 is 3.11 bits per heavy atom. The zero-order valence-electron chi connectivity index (χ0n) is 4.96. The van der Waals surface area contributed by atoms with Crippen LogP contribution in [0.25, 0.3) is 0 Å². The van der Waals surface area contributed by atoms with Crippen LogP contribution < -0.4 is 5.32 Å². The summed E-state index contributed by atoms with van der Waals surface area (Å²) < 4.78 is 4.73. The molecule has 1 heterocycles. The Morgan fingerprint density at radius 1 is 1.89 bits per heavy atom. The molecule has 1 aliphatic rings. The highest BCUT2D eigenvalue weighted by Crippen LogP contribution is 1.96. The second-order valence-corrected chi connectivity index (χ2v) is 2.22. The fraction of sp³-hybridized carbons (Fsp3) is 0.800. The second kappa shape index (κ2) is 3.08. The zero-order chi connectivity index (χ0) is 6.69. The summed E-state index contributed by atoms with van der Waals surface area (Å²) >= 11 is 3.96. The van der Waals surface area contributed by atoms with Crippen LogP contribution in [0.1, 0.15) is 0 Å². The molecule has 1 aliphatic heterocycles. The molecule has 0 aliphatic carbocycles. The Morgan fingerprint density at radius 2 is 2.67 bits per heavy atom. The first-order valence-electron chi connectivity index (χ1n) is 2.85. The topological polar surface area (TPSA) is 38.3 Å². The summed E-state index contributed by atoms with van der Waals surface area (Å²) in [4.78, 5) is 10.7. The van der Waals surface area contributed by atoms with Gasteiger partial charge in [0.25, 0.3) is 0 Å². The SMILES string of the molecule is O=C1OCCNC1CS. The first-order valence-corrected chi connectivity index (χ1v) is 3.48. The molecule has 1 saturated heterocycles. The van der Waals surface area contributed by atoms with Crippen molar-refractivity contribution in [2.24, 2.45) is 0 Å². The van der Waals surface area contributed by atoms with Gasteiger partial charge in [-0.05, 0) is 0 Å². The van der Waals surface area contributed by atoms with Crippen LogP contribution in [-0.2, 0) is 9.53 Å². The van der Waals surface area contributed by atoms with Gasteiger partial charge in [-0.3, -0.25) is 4.79 Å². The summed E-state index contributed by atoms with van der Waals surface area (Å²) in [6.07, 6.45) is 0. The lowest BCUT2D eigenvalue weighted by Gasteiger charge is -2.20. The van der Waals surface area contributed by atoms with E-state index in [1.54, 1.807) is 0 Å². The lowest BCUT2D eigenvalue weighted by molar-refractivity contribution is -0.148. The van der Waals surface area contributed by atoms with Gasteiger partial charge < -0.3 is 10.1 Å². The molecule has 1 unspecified atom stereocenters. The predicted octanol–water partition coefficient (Wildman–Crippen LogP) is -0.569. The Bertz CT molecular complexity index is 118. The third-order valence-corrected chi connectivity index (χ3v) is 1.57. The van der Waals surface area contributed by atoms with E-state index in [1.807, 2.05) is 0 Å². The van der Waals surface area contributed by atoms with Gasteiger partial charge in [0, 0.05) is 12.3 Å². The van der Waals surface area contributed by atoms with Gasteiger partial charge in [0.05, 0.1) is 0 Å². The molecule has 0 saturated carbocycles. The highest BCUT2D eigenvalue weighted by molar-refractivity contribution is 7.80. The molecule has 52 valence electrons. The van der Waals surface area contributed by atoms with Crippen LogP contribution in [0.4, 0.5) is 0 Å². The van der Waals surface area contributed by atoms with E-state index in [2.05, 4.69) is 17.9 Å². The van der Waals surface area contributed by atoms with E-state index in [0.717, 1.165) is 6.54 Å². The minimum absolute atomic E-state index is 0.184. The van der Waals surface area contributed by atoms with Crippen LogP contribution >= 0.6 is 12.6 Å². The number of carbonyl (C=O) groups is 1. The Hall–Kier alpha value is -0.220. The first-order chi connectivity index (χ1) is 4.34. The Labute approximate surface area is 59.2 Å². The molecule has 0 aromatic heterocycles. The molecule has 0 radical (unpaired) electrons. The molecule has 1 fully saturated rings. The van der Waals surface area contributed by atoms with E-state index in [0.29, 0.717) is 12.4 Å². The predicted molar refractivity (Wildman–Crippen MR) is 36.6 cm³/mol. The molecule has 0 amide bonds. The number of hydrogen-bond donors (Lipinski definition) is 2. The number of ether oxygens (including phenoxy) is 1. The molecule has 0 spiro atoms. The minimum atomic E-state index is -0.193. The van der Waals surface area contributed by atoms with Crippen LogP contribution in [0.5, 0.6) is 0 Å². The van der Waals surface area contributed by atoms with E-state index in [-0.39, 0.29) is 12.0 Å². The van der Waals surface area contributed by atoms with Crippen molar-refractivity contribution in [1.82, 2.24) is 5.32 Å². The van der Waals surface area contributed by atoms with Gasteiger partial charge in [0.1, 0.15) is 12.6 Å². The highest BCUT2D eigenvalue weighted by Gasteiger charge is 2.20. The third kappa shape index (κ3) is 1.59. The van der Waals surface area contributed by atoms with Crippen molar-refractivity contribution < 1.29 is 9.53 Å². The van der Waals surface area contributed by atoms with Crippen LogP contribution in [0.15, 0.2) is 0 Å². The van der Waals surface area contributed by atoms with E-state index in [1.165, 1.54) is 0 Å². The van der Waals surface area contributed by atoms with Gasteiger partial charge in [0.15, 0.2) is 0 Å². The van der Waals surface area contributed by atoms with E-state index in [4.69, 9.17) is 4.74 Å². The molecule has 4 heteroatoms. The minimum Gasteiger partial charge on any atom is -0.463 e. The van der Waals surface area contributed by atoms with Crippen molar-refractivity contribution in [3.63, 3.8) is 0 Å². The maximum atomic E-state index is 10.7. The van der Waals surface area contributed by atoms with Crippen molar-refractivity contribution >= 4 is 18.6 Å². The molecule has 0 aromatic carbocycles. The van der Waals surface area contributed by atoms with Crippen molar-refractivity contribution in [1.29, 1.82) is 0 Å². The molecular formula is C5H9NO2S. The van der Waals surface area contributed by atoms with Gasteiger partial charge in [-0.25, -0.2) is 0 Å². The standard InChI is InChI=1S/C5H9NO2S/c7-5-4(3-9)6-1-2-8-5/h4,6,9H,1-3H2. The second-order valence-electron chi connectivity index (χ2n) is 1.86. The number of morpholine rings is 1. The van der Waals surface area contributed by atoms with Crippen molar-refractivity contribution in [2.75, 3.05) is 18.9 Å². The van der Waals surface area contributed by atoms with Crippen LogP contribution in [0.3, 0.4) is 0 Å². The van der Waals surface area contributed by atoms with E-state index >= 15 is 0 Å². The van der Waals surface area contributed by atoms with Gasteiger partial charge in [-0.1, -0.05) is 0 Å². The summed E-state index contributed by atoms with van der Waals surface area (Å²) in [6, 6.07) is -0.193. The lowest BCUT2D eigenvalue weighted by Crippen LogP contribution is -2.46. The van der Waals surface area contributed by atoms with Crippen molar-refractivity contribution in [3.05, 3.63) is 0 Å². The maximum Gasteiger partial charge on any atom is 0.324 e. The number of esters is 1. The average Bonchev–Trinajstić information content (AvgIpc) is 1.89. The number of rotatable bonds is 1. The molecule has 9 heavy (non-hydrogen) atoms. The van der Waals surface area contributed by atoms with Crippen LogP contribution in [0.2, 0.25) is 0 Å². The van der Waals surface area contributed by atoms with Gasteiger partial charge in [-0.2, -0.15) is 12.6 Å². The number of carbonyl (C=O) groups excluding carboxylic acids is 1. The molecule has 0 aromatic rings. The fourth-order valence-electron chi connectivity index (χ4n) is 0.708. The summed E-state index contributed by atoms with van der Waals surface area (Å²) in [5, 5.41) is 2.97.